The number of likely N-dealkylation sites (N-methyl/N-ethyl adjacent to an activating group) is 1. The lowest BCUT2D eigenvalue weighted by atomic mass is 9.94. The van der Waals surface area contributed by atoms with E-state index in [1.54, 1.807) is 11.9 Å². The van der Waals surface area contributed by atoms with Gasteiger partial charge in [0.1, 0.15) is 6.04 Å². The summed E-state index contributed by atoms with van der Waals surface area (Å²) < 4.78 is 5.46. The van der Waals surface area contributed by atoms with Crippen molar-refractivity contribution in [2.45, 2.75) is 96.8 Å². The lowest BCUT2D eigenvalue weighted by molar-refractivity contribution is -0.200. The smallest absolute Gasteiger partial charge is 0.245 e. The average Bonchev–Trinajstić information content (AvgIpc) is 2.76. The van der Waals surface area contributed by atoms with Crippen LogP contribution in [0.5, 0.6) is 0 Å². The standard InChI is InChI=1S/C23H41N3O5/c1-17(2)21-23(29)26(3)14-10-7-5-4-6-8-12-18(22(28)24-21)16-19(27)25-31-20-13-9-11-15-30-20/h17-18,20-21H,4-16H2,1-3H3,(H,24,28)(H,25,27)/t18-,20?,21+/m1/s1. The van der Waals surface area contributed by atoms with Gasteiger partial charge in [0.15, 0.2) is 6.29 Å². The molecule has 178 valence electrons. The zero-order chi connectivity index (χ0) is 22.6. The van der Waals surface area contributed by atoms with Gasteiger partial charge in [0, 0.05) is 39.0 Å². The summed E-state index contributed by atoms with van der Waals surface area (Å²) in [7, 11) is 1.80. The molecule has 0 spiro atoms. The van der Waals surface area contributed by atoms with Crippen molar-refractivity contribution in [3.8, 4) is 0 Å². The summed E-state index contributed by atoms with van der Waals surface area (Å²) in [5, 5.41) is 2.94. The Kier molecular flexibility index (Phi) is 11.3. The molecule has 0 saturated carbocycles. The Hall–Kier alpha value is -1.67. The predicted molar refractivity (Wildman–Crippen MR) is 118 cm³/mol. The first-order chi connectivity index (χ1) is 14.9. The van der Waals surface area contributed by atoms with Gasteiger partial charge >= 0.3 is 0 Å². The average molecular weight is 440 g/mol. The van der Waals surface area contributed by atoms with E-state index in [1.807, 2.05) is 13.8 Å². The molecule has 2 fully saturated rings. The summed E-state index contributed by atoms with van der Waals surface area (Å²) in [5.41, 5.74) is 2.46. The van der Waals surface area contributed by atoms with Gasteiger partial charge in [-0.25, -0.2) is 10.3 Å². The summed E-state index contributed by atoms with van der Waals surface area (Å²) in [4.78, 5) is 45.5. The number of hydrogen-bond donors (Lipinski definition) is 2. The predicted octanol–water partition coefficient (Wildman–Crippen LogP) is 2.91. The molecule has 2 aliphatic heterocycles. The minimum Gasteiger partial charge on any atom is -0.350 e. The highest BCUT2D eigenvalue weighted by molar-refractivity contribution is 5.90. The Bertz CT molecular complexity index is 578. The van der Waals surface area contributed by atoms with E-state index in [2.05, 4.69) is 10.8 Å². The highest BCUT2D eigenvalue weighted by atomic mass is 16.8. The normalized spacial score (nSPS) is 27.5. The molecule has 0 aromatic heterocycles. The lowest BCUT2D eigenvalue weighted by Gasteiger charge is -2.29. The van der Waals surface area contributed by atoms with Crippen LogP contribution in [0.4, 0.5) is 0 Å². The van der Waals surface area contributed by atoms with E-state index < -0.39 is 18.2 Å². The number of nitrogens with zero attached hydrogens (tertiary/aromatic N) is 1. The van der Waals surface area contributed by atoms with Crippen molar-refractivity contribution in [3.05, 3.63) is 0 Å². The second kappa shape index (κ2) is 13.7. The molecule has 8 heteroatoms. The molecule has 0 aromatic carbocycles. The van der Waals surface area contributed by atoms with Gasteiger partial charge in [-0.2, -0.15) is 0 Å². The van der Waals surface area contributed by atoms with Gasteiger partial charge in [-0.15, -0.1) is 0 Å². The molecule has 2 N–H and O–H groups in total. The largest absolute Gasteiger partial charge is 0.350 e. The fourth-order valence-electron chi connectivity index (χ4n) is 4.11. The van der Waals surface area contributed by atoms with Crippen LogP contribution in [0.15, 0.2) is 0 Å². The molecular weight excluding hydrogens is 398 g/mol. The number of rotatable bonds is 5. The molecule has 3 atom stereocenters. The summed E-state index contributed by atoms with van der Waals surface area (Å²) in [5.74, 6) is -1.16. The summed E-state index contributed by atoms with van der Waals surface area (Å²) >= 11 is 0. The van der Waals surface area contributed by atoms with Gasteiger partial charge in [-0.1, -0.05) is 46.0 Å². The molecule has 2 rings (SSSR count). The Labute approximate surface area is 186 Å². The molecule has 31 heavy (non-hydrogen) atoms. The molecule has 1 unspecified atom stereocenters. The molecule has 0 aliphatic carbocycles. The number of ether oxygens (including phenoxy) is 1. The van der Waals surface area contributed by atoms with Gasteiger partial charge in [-0.3, -0.25) is 14.4 Å². The van der Waals surface area contributed by atoms with Crippen molar-refractivity contribution in [1.82, 2.24) is 15.7 Å². The number of nitrogens with one attached hydrogen (secondary N) is 2. The molecule has 2 aliphatic rings. The number of hydroxylamine groups is 1. The second-order valence-electron chi connectivity index (χ2n) is 9.24. The maximum Gasteiger partial charge on any atom is 0.245 e. The van der Waals surface area contributed by atoms with Crippen molar-refractivity contribution >= 4 is 17.7 Å². The Morgan fingerprint density at radius 3 is 2.45 bits per heavy atom. The van der Waals surface area contributed by atoms with E-state index in [4.69, 9.17) is 9.57 Å². The summed E-state index contributed by atoms with van der Waals surface area (Å²) in [6, 6.07) is -0.585. The van der Waals surface area contributed by atoms with Crippen LogP contribution in [-0.2, 0) is 24.0 Å². The summed E-state index contributed by atoms with van der Waals surface area (Å²) in [6.07, 6.45) is 9.23. The van der Waals surface area contributed by atoms with Crippen LogP contribution < -0.4 is 10.8 Å². The van der Waals surface area contributed by atoms with Crippen molar-refractivity contribution in [1.29, 1.82) is 0 Å². The number of carbonyl (C=O) groups is 3. The minimum absolute atomic E-state index is 0.0342. The number of carbonyl (C=O) groups excluding carboxylic acids is 3. The van der Waals surface area contributed by atoms with Crippen LogP contribution in [0.25, 0.3) is 0 Å². The zero-order valence-corrected chi connectivity index (χ0v) is 19.5. The fraction of sp³-hybridized carbons (Fsp3) is 0.870. The Morgan fingerprint density at radius 2 is 1.77 bits per heavy atom. The maximum absolute atomic E-state index is 13.1. The molecule has 0 aromatic rings. The first-order valence-electron chi connectivity index (χ1n) is 12.0. The van der Waals surface area contributed by atoms with Crippen LogP contribution in [0.2, 0.25) is 0 Å². The number of amides is 3. The van der Waals surface area contributed by atoms with Crippen molar-refractivity contribution in [3.63, 3.8) is 0 Å². The third kappa shape index (κ3) is 9.15. The Balaban J connectivity index is 1.99. The van der Waals surface area contributed by atoms with Crippen LogP contribution >= 0.6 is 0 Å². The molecule has 8 nitrogen and oxygen atoms in total. The molecule has 2 heterocycles. The monoisotopic (exact) mass is 439 g/mol. The first kappa shape index (κ1) is 25.6. The quantitative estimate of drug-likeness (QED) is 0.642. The van der Waals surface area contributed by atoms with Crippen LogP contribution in [0, 0.1) is 11.8 Å². The van der Waals surface area contributed by atoms with E-state index in [-0.39, 0.29) is 30.1 Å². The third-order valence-electron chi connectivity index (χ3n) is 6.15. The molecule has 3 amide bonds. The fourth-order valence-corrected chi connectivity index (χ4v) is 4.11. The van der Waals surface area contributed by atoms with Gasteiger partial charge in [-0.05, 0) is 31.6 Å². The van der Waals surface area contributed by atoms with Gasteiger partial charge in [0.25, 0.3) is 0 Å². The molecular formula is C23H41N3O5. The summed E-state index contributed by atoms with van der Waals surface area (Å²) in [6.45, 7) is 5.19. The molecule has 2 saturated heterocycles. The van der Waals surface area contributed by atoms with E-state index in [9.17, 15) is 14.4 Å². The van der Waals surface area contributed by atoms with Crippen LogP contribution in [-0.4, -0.2) is 55.2 Å². The number of hydrogen-bond acceptors (Lipinski definition) is 5. The van der Waals surface area contributed by atoms with E-state index >= 15 is 0 Å². The van der Waals surface area contributed by atoms with Gasteiger partial charge in [0.2, 0.25) is 17.7 Å². The highest BCUT2D eigenvalue weighted by Gasteiger charge is 2.31. The van der Waals surface area contributed by atoms with E-state index in [0.29, 0.717) is 19.6 Å². The third-order valence-corrected chi connectivity index (χ3v) is 6.15. The lowest BCUT2D eigenvalue weighted by Crippen LogP contribution is -2.52. The van der Waals surface area contributed by atoms with Gasteiger partial charge in [0.05, 0.1) is 0 Å². The topological polar surface area (TPSA) is 97.0 Å². The second-order valence-corrected chi connectivity index (χ2v) is 9.24. The molecule has 0 bridgehead atoms. The van der Waals surface area contributed by atoms with Gasteiger partial charge < -0.3 is 15.0 Å². The Morgan fingerprint density at radius 1 is 1.10 bits per heavy atom. The van der Waals surface area contributed by atoms with Crippen molar-refractivity contribution < 1.29 is 24.0 Å². The minimum atomic E-state index is -0.585. The van der Waals surface area contributed by atoms with E-state index in [0.717, 1.165) is 57.8 Å². The van der Waals surface area contributed by atoms with Crippen LogP contribution in [0.3, 0.4) is 0 Å². The SMILES string of the molecule is CC(C)[C@@H]1NC(=O)[C@@H](CC(=O)NOC2CCCCO2)CCCCCCCCN(C)C1=O. The highest BCUT2D eigenvalue weighted by Crippen LogP contribution is 2.19. The zero-order valence-electron chi connectivity index (χ0n) is 19.5. The molecule has 0 radical (unpaired) electrons. The van der Waals surface area contributed by atoms with Crippen molar-refractivity contribution in [2.24, 2.45) is 11.8 Å². The first-order valence-corrected chi connectivity index (χ1v) is 12.0. The van der Waals surface area contributed by atoms with Crippen LogP contribution in [0.1, 0.15) is 84.5 Å². The maximum atomic E-state index is 13.1. The van der Waals surface area contributed by atoms with Crippen molar-refractivity contribution in [2.75, 3.05) is 20.2 Å². The van der Waals surface area contributed by atoms with E-state index in [1.165, 1.54) is 0 Å².